The molecule has 0 unspecified atom stereocenters. The van der Waals surface area contributed by atoms with E-state index in [1.807, 2.05) is 37.3 Å². The molecule has 0 aliphatic carbocycles. The predicted molar refractivity (Wildman–Crippen MR) is 101 cm³/mol. The summed E-state index contributed by atoms with van der Waals surface area (Å²) in [6.07, 6.45) is 0.185. The number of hydrogen-bond donors (Lipinski definition) is 1. The lowest BCUT2D eigenvalue weighted by atomic mass is 9.98. The first-order valence-corrected chi connectivity index (χ1v) is 8.65. The van der Waals surface area contributed by atoms with Gasteiger partial charge in [-0.2, -0.15) is 0 Å². The topological polar surface area (TPSA) is 55.4 Å². The van der Waals surface area contributed by atoms with Gasteiger partial charge in [0.2, 0.25) is 0 Å². The normalized spacial score (nSPS) is 11.7. The lowest BCUT2D eigenvalue weighted by molar-refractivity contribution is -0.147. The number of rotatable bonds is 6. The Morgan fingerprint density at radius 2 is 1.68 bits per heavy atom. The lowest BCUT2D eigenvalue weighted by Crippen LogP contribution is -2.21. The third-order valence-electron chi connectivity index (χ3n) is 3.49. The molecule has 25 heavy (non-hydrogen) atoms. The van der Waals surface area contributed by atoms with Gasteiger partial charge in [-0.1, -0.05) is 72.1 Å². The van der Waals surface area contributed by atoms with Crippen LogP contribution in [0.2, 0.25) is 15.1 Å². The van der Waals surface area contributed by atoms with Gasteiger partial charge >= 0.3 is 5.97 Å². The zero-order chi connectivity index (χ0) is 18.4. The molecular formula is C18H16Cl3NO3. The maximum atomic E-state index is 11.9. The highest BCUT2D eigenvalue weighted by Gasteiger charge is 2.15. The first kappa shape index (κ1) is 19.6. The van der Waals surface area contributed by atoms with Crippen LogP contribution >= 0.6 is 34.8 Å². The largest absolute Gasteiger partial charge is 0.456 e. The van der Waals surface area contributed by atoms with Crippen LogP contribution in [0.1, 0.15) is 24.8 Å². The molecule has 132 valence electrons. The Kier molecular flexibility index (Phi) is 7.12. The van der Waals surface area contributed by atoms with E-state index in [9.17, 15) is 9.59 Å². The second-order valence-corrected chi connectivity index (χ2v) is 6.69. The zero-order valence-corrected chi connectivity index (χ0v) is 15.7. The first-order chi connectivity index (χ1) is 11.9. The molecule has 1 atom stereocenters. The third kappa shape index (κ3) is 5.92. The molecule has 1 amide bonds. The van der Waals surface area contributed by atoms with Crippen molar-refractivity contribution in [2.24, 2.45) is 0 Å². The minimum Gasteiger partial charge on any atom is -0.456 e. The highest BCUT2D eigenvalue weighted by atomic mass is 35.5. The molecule has 0 bridgehead atoms. The summed E-state index contributed by atoms with van der Waals surface area (Å²) in [6, 6.07) is 12.5. The fourth-order valence-corrected chi connectivity index (χ4v) is 2.75. The Balaban J connectivity index is 1.83. The molecule has 7 heteroatoms. The summed E-state index contributed by atoms with van der Waals surface area (Å²) in [5.74, 6) is -0.964. The van der Waals surface area contributed by atoms with E-state index in [2.05, 4.69) is 5.32 Å². The molecule has 1 N–H and O–H groups in total. The molecule has 0 fully saturated rings. The number of carbonyl (C=O) groups excluding carboxylic acids is 2. The molecule has 2 aromatic carbocycles. The van der Waals surface area contributed by atoms with E-state index in [4.69, 9.17) is 39.5 Å². The Morgan fingerprint density at radius 3 is 2.36 bits per heavy atom. The second kappa shape index (κ2) is 9.09. The average molecular weight is 401 g/mol. The van der Waals surface area contributed by atoms with Crippen LogP contribution < -0.4 is 5.32 Å². The van der Waals surface area contributed by atoms with E-state index in [-0.39, 0.29) is 27.4 Å². The molecule has 4 nitrogen and oxygen atoms in total. The van der Waals surface area contributed by atoms with E-state index >= 15 is 0 Å². The number of ether oxygens (including phenoxy) is 1. The second-order valence-electron chi connectivity index (χ2n) is 5.47. The van der Waals surface area contributed by atoms with Crippen molar-refractivity contribution in [2.45, 2.75) is 19.3 Å². The summed E-state index contributed by atoms with van der Waals surface area (Å²) in [5, 5.41) is 3.31. The Bertz CT molecular complexity index is 766. The molecule has 2 rings (SSSR count). The standard InChI is InChI=1S/C18H16Cl3NO3/c1-11(12-5-3-2-4-6-12)7-18(24)25-10-17(23)22-16-9-14(20)13(19)8-15(16)21/h2-6,8-9,11H,7,10H2,1H3,(H,22,23)/t11-/m0/s1. The molecule has 0 aliphatic rings. The Morgan fingerprint density at radius 1 is 1.04 bits per heavy atom. The Hall–Kier alpha value is -1.75. The van der Waals surface area contributed by atoms with Gasteiger partial charge in [-0.05, 0) is 23.6 Å². The molecule has 2 aromatic rings. The number of amides is 1. The van der Waals surface area contributed by atoms with Crippen LogP contribution in [0, 0.1) is 0 Å². The smallest absolute Gasteiger partial charge is 0.306 e. The van der Waals surface area contributed by atoms with Crippen molar-refractivity contribution in [3.8, 4) is 0 Å². The maximum absolute atomic E-state index is 11.9. The van der Waals surface area contributed by atoms with E-state index in [0.717, 1.165) is 5.56 Å². The van der Waals surface area contributed by atoms with E-state index in [0.29, 0.717) is 5.69 Å². The molecule has 0 spiro atoms. The van der Waals surface area contributed by atoms with Gasteiger partial charge in [-0.15, -0.1) is 0 Å². The van der Waals surface area contributed by atoms with Gasteiger partial charge in [-0.3, -0.25) is 9.59 Å². The van der Waals surface area contributed by atoms with Gasteiger partial charge in [0.05, 0.1) is 27.2 Å². The lowest BCUT2D eigenvalue weighted by Gasteiger charge is -2.12. The van der Waals surface area contributed by atoms with Crippen LogP contribution in [-0.2, 0) is 14.3 Å². The number of benzene rings is 2. The molecule has 0 saturated heterocycles. The van der Waals surface area contributed by atoms with Gasteiger partial charge in [0.15, 0.2) is 6.61 Å². The van der Waals surface area contributed by atoms with Gasteiger partial charge < -0.3 is 10.1 Å². The van der Waals surface area contributed by atoms with Gasteiger partial charge in [0.1, 0.15) is 0 Å². The highest BCUT2D eigenvalue weighted by Crippen LogP contribution is 2.32. The van der Waals surface area contributed by atoms with Crippen molar-refractivity contribution in [1.29, 1.82) is 0 Å². The van der Waals surface area contributed by atoms with E-state index in [1.54, 1.807) is 0 Å². The summed E-state index contributed by atoms with van der Waals surface area (Å²) < 4.78 is 5.01. The van der Waals surface area contributed by atoms with Gasteiger partial charge in [0, 0.05) is 0 Å². The zero-order valence-electron chi connectivity index (χ0n) is 13.4. The average Bonchev–Trinajstić information content (AvgIpc) is 2.58. The fraction of sp³-hybridized carbons (Fsp3) is 0.222. The highest BCUT2D eigenvalue weighted by molar-refractivity contribution is 6.44. The number of nitrogens with one attached hydrogen (secondary N) is 1. The molecule has 0 aliphatic heterocycles. The van der Waals surface area contributed by atoms with Crippen LogP contribution in [-0.4, -0.2) is 18.5 Å². The fourth-order valence-electron chi connectivity index (χ4n) is 2.16. The molecular weight excluding hydrogens is 385 g/mol. The van der Waals surface area contributed by atoms with Crippen LogP contribution in [0.15, 0.2) is 42.5 Å². The summed E-state index contributed by atoms with van der Waals surface area (Å²) in [4.78, 5) is 23.8. The van der Waals surface area contributed by atoms with Crippen molar-refractivity contribution in [3.05, 3.63) is 63.1 Å². The number of carbonyl (C=O) groups is 2. The predicted octanol–water partition coefficient (Wildman–Crippen LogP) is 5.32. The summed E-state index contributed by atoms with van der Waals surface area (Å²) in [7, 11) is 0. The Labute approximate surface area is 161 Å². The van der Waals surface area contributed by atoms with Crippen molar-refractivity contribution in [1.82, 2.24) is 0 Å². The minimum absolute atomic E-state index is 0.00118. The SMILES string of the molecule is C[C@@H](CC(=O)OCC(=O)Nc1cc(Cl)c(Cl)cc1Cl)c1ccccc1. The van der Waals surface area contributed by atoms with Crippen LogP contribution in [0.4, 0.5) is 5.69 Å². The number of hydrogen-bond acceptors (Lipinski definition) is 3. The van der Waals surface area contributed by atoms with Crippen molar-refractivity contribution >= 4 is 52.4 Å². The number of anilines is 1. The monoisotopic (exact) mass is 399 g/mol. The quantitative estimate of drug-likeness (QED) is 0.527. The minimum atomic E-state index is -0.513. The number of halogens is 3. The van der Waals surface area contributed by atoms with Crippen LogP contribution in [0.25, 0.3) is 0 Å². The number of esters is 1. The summed E-state index contributed by atoms with van der Waals surface area (Å²) in [5.41, 5.74) is 1.33. The first-order valence-electron chi connectivity index (χ1n) is 7.51. The maximum Gasteiger partial charge on any atom is 0.306 e. The van der Waals surface area contributed by atoms with Crippen molar-refractivity contribution < 1.29 is 14.3 Å². The van der Waals surface area contributed by atoms with Gasteiger partial charge in [-0.25, -0.2) is 0 Å². The van der Waals surface area contributed by atoms with E-state index in [1.165, 1.54) is 12.1 Å². The van der Waals surface area contributed by atoms with Crippen LogP contribution in [0.3, 0.4) is 0 Å². The third-order valence-corrected chi connectivity index (χ3v) is 4.52. The van der Waals surface area contributed by atoms with E-state index < -0.39 is 18.5 Å². The van der Waals surface area contributed by atoms with Crippen molar-refractivity contribution in [2.75, 3.05) is 11.9 Å². The van der Waals surface area contributed by atoms with Crippen molar-refractivity contribution in [3.63, 3.8) is 0 Å². The molecule has 0 saturated carbocycles. The summed E-state index contributed by atoms with van der Waals surface area (Å²) in [6.45, 7) is 1.52. The van der Waals surface area contributed by atoms with Gasteiger partial charge in [0.25, 0.3) is 5.91 Å². The molecule has 0 heterocycles. The van der Waals surface area contributed by atoms with Crippen LogP contribution in [0.5, 0.6) is 0 Å². The molecule has 0 aromatic heterocycles. The summed E-state index contributed by atoms with van der Waals surface area (Å²) >= 11 is 17.7. The molecule has 0 radical (unpaired) electrons.